The number of nitrogen functional groups attached to an aromatic ring is 1. The maximum Gasteiger partial charge on any atom is 0.321 e. The van der Waals surface area contributed by atoms with Gasteiger partial charge in [-0.1, -0.05) is 20.8 Å². The summed E-state index contributed by atoms with van der Waals surface area (Å²) in [7, 11) is 0. The molecule has 0 saturated carbocycles. The Labute approximate surface area is 199 Å². The lowest BCUT2D eigenvalue weighted by Gasteiger charge is -2.35. The highest BCUT2D eigenvalue weighted by atomic mass is 16.5. The largest absolute Gasteiger partial charge is 0.483 e. The summed E-state index contributed by atoms with van der Waals surface area (Å²) in [5.74, 6) is 1.61. The maximum absolute atomic E-state index is 12.8. The Morgan fingerprint density at radius 3 is 2.56 bits per heavy atom. The normalized spacial score (nSPS) is 14.1. The first-order chi connectivity index (χ1) is 16.3. The number of carbonyl (C=O) groups is 1. The molecular weight excluding hydrogens is 432 g/mol. The van der Waals surface area contributed by atoms with Gasteiger partial charge in [0.25, 0.3) is 0 Å². The first kappa shape index (κ1) is 23.2. The standard InChI is InChI=1S/C24H30N8O2/c1-24(2,3)20-15-17(6-9-26-20)30-23(33)32-13-11-31(12-14-32)21-19(5-4-8-27-21)34-16-18-7-10-28-22(25)29-18/h4-10,15H,11-14,16H2,1-3H3,(H2,25,28,29)(H,26,30,33). The highest BCUT2D eigenvalue weighted by Crippen LogP contribution is 2.27. The van der Waals surface area contributed by atoms with Gasteiger partial charge in [-0.15, -0.1) is 0 Å². The number of carbonyl (C=O) groups excluding carboxylic acids is 1. The summed E-state index contributed by atoms with van der Waals surface area (Å²) in [4.78, 5) is 33.8. The van der Waals surface area contributed by atoms with Crippen molar-refractivity contribution in [3.8, 4) is 5.75 Å². The van der Waals surface area contributed by atoms with Gasteiger partial charge >= 0.3 is 6.03 Å². The second kappa shape index (κ2) is 9.90. The number of rotatable bonds is 5. The molecule has 10 nitrogen and oxygen atoms in total. The Bertz CT molecular complexity index is 1140. The number of amides is 2. The molecule has 3 aromatic rings. The number of urea groups is 1. The van der Waals surface area contributed by atoms with Gasteiger partial charge in [-0.05, 0) is 30.3 Å². The van der Waals surface area contributed by atoms with Gasteiger partial charge in [-0.2, -0.15) is 0 Å². The smallest absolute Gasteiger partial charge is 0.321 e. The van der Waals surface area contributed by atoms with Gasteiger partial charge in [-0.25, -0.2) is 19.7 Å². The van der Waals surface area contributed by atoms with Gasteiger partial charge < -0.3 is 25.6 Å². The summed E-state index contributed by atoms with van der Waals surface area (Å²) in [5.41, 5.74) is 7.93. The molecule has 34 heavy (non-hydrogen) atoms. The molecule has 2 amide bonds. The van der Waals surface area contributed by atoms with Crippen LogP contribution in [0.5, 0.6) is 5.75 Å². The van der Waals surface area contributed by atoms with Crippen LogP contribution in [0.1, 0.15) is 32.2 Å². The third-order valence-corrected chi connectivity index (χ3v) is 5.50. The van der Waals surface area contributed by atoms with E-state index in [2.05, 4.69) is 50.9 Å². The van der Waals surface area contributed by atoms with Crippen LogP contribution in [0.3, 0.4) is 0 Å². The van der Waals surface area contributed by atoms with E-state index in [1.54, 1.807) is 29.6 Å². The number of aromatic nitrogens is 4. The molecule has 3 aromatic heterocycles. The third-order valence-electron chi connectivity index (χ3n) is 5.50. The van der Waals surface area contributed by atoms with Crippen molar-refractivity contribution in [3.63, 3.8) is 0 Å². The van der Waals surface area contributed by atoms with Crippen molar-refractivity contribution in [1.82, 2.24) is 24.8 Å². The molecule has 4 heterocycles. The number of anilines is 3. The molecule has 0 atom stereocenters. The van der Waals surface area contributed by atoms with E-state index in [1.165, 1.54) is 0 Å². The van der Waals surface area contributed by atoms with E-state index < -0.39 is 0 Å². The number of pyridine rings is 2. The zero-order chi connectivity index (χ0) is 24.1. The van der Waals surface area contributed by atoms with Gasteiger partial charge in [0.05, 0.1) is 5.69 Å². The van der Waals surface area contributed by atoms with E-state index in [0.717, 1.165) is 17.2 Å². The number of nitrogens with one attached hydrogen (secondary N) is 1. The predicted molar refractivity (Wildman–Crippen MR) is 131 cm³/mol. The Hall–Kier alpha value is -3.95. The number of piperazine rings is 1. The minimum Gasteiger partial charge on any atom is -0.483 e. The average molecular weight is 463 g/mol. The molecule has 4 rings (SSSR count). The number of hydrogen-bond donors (Lipinski definition) is 2. The lowest BCUT2D eigenvalue weighted by atomic mass is 9.91. The summed E-state index contributed by atoms with van der Waals surface area (Å²) in [6.07, 6.45) is 5.07. The fraction of sp³-hybridized carbons (Fsp3) is 0.375. The van der Waals surface area contributed by atoms with E-state index in [9.17, 15) is 4.79 Å². The van der Waals surface area contributed by atoms with Gasteiger partial charge in [0, 0.05) is 61.6 Å². The second-order valence-electron chi connectivity index (χ2n) is 9.10. The summed E-state index contributed by atoms with van der Waals surface area (Å²) in [5, 5.41) is 3.00. The minimum atomic E-state index is -0.121. The van der Waals surface area contributed by atoms with Crippen molar-refractivity contribution in [2.45, 2.75) is 32.8 Å². The molecule has 1 aliphatic heterocycles. The summed E-state index contributed by atoms with van der Waals surface area (Å²) >= 11 is 0. The van der Waals surface area contributed by atoms with Gasteiger partial charge in [-0.3, -0.25) is 4.98 Å². The Balaban J connectivity index is 1.35. The fourth-order valence-corrected chi connectivity index (χ4v) is 3.62. The van der Waals surface area contributed by atoms with Crippen LogP contribution in [0.25, 0.3) is 0 Å². The van der Waals surface area contributed by atoms with E-state index in [-0.39, 0.29) is 24.0 Å². The molecule has 0 aromatic carbocycles. The Kier molecular flexibility index (Phi) is 6.76. The van der Waals surface area contributed by atoms with Crippen LogP contribution < -0.4 is 20.7 Å². The van der Waals surface area contributed by atoms with Crippen LogP contribution in [0.15, 0.2) is 48.9 Å². The molecule has 0 bridgehead atoms. The van der Waals surface area contributed by atoms with Gasteiger partial charge in [0.2, 0.25) is 5.95 Å². The molecule has 3 N–H and O–H groups in total. The molecule has 1 aliphatic rings. The number of nitrogens with two attached hydrogens (primary N) is 1. The number of hydrogen-bond acceptors (Lipinski definition) is 8. The molecule has 0 aliphatic carbocycles. The van der Waals surface area contributed by atoms with E-state index in [1.807, 2.05) is 24.3 Å². The van der Waals surface area contributed by atoms with Gasteiger partial charge in [0.15, 0.2) is 11.6 Å². The van der Waals surface area contributed by atoms with Crippen molar-refractivity contribution in [2.75, 3.05) is 42.1 Å². The Morgan fingerprint density at radius 2 is 1.82 bits per heavy atom. The fourth-order valence-electron chi connectivity index (χ4n) is 3.62. The number of nitrogens with zero attached hydrogens (tertiary/aromatic N) is 6. The predicted octanol–water partition coefficient (Wildman–Crippen LogP) is 3.08. The topological polar surface area (TPSA) is 122 Å². The van der Waals surface area contributed by atoms with Crippen LogP contribution in [0.2, 0.25) is 0 Å². The van der Waals surface area contributed by atoms with Gasteiger partial charge in [0.1, 0.15) is 6.61 Å². The lowest BCUT2D eigenvalue weighted by Crippen LogP contribution is -2.50. The van der Waals surface area contributed by atoms with Crippen molar-refractivity contribution >= 4 is 23.5 Å². The molecule has 1 saturated heterocycles. The van der Waals surface area contributed by atoms with Crippen LogP contribution >= 0.6 is 0 Å². The maximum atomic E-state index is 12.8. The van der Waals surface area contributed by atoms with Crippen molar-refractivity contribution in [2.24, 2.45) is 0 Å². The lowest BCUT2D eigenvalue weighted by molar-refractivity contribution is 0.207. The summed E-state index contributed by atoms with van der Waals surface area (Å²) < 4.78 is 5.97. The van der Waals surface area contributed by atoms with Crippen LogP contribution in [0, 0.1) is 0 Å². The summed E-state index contributed by atoms with van der Waals surface area (Å²) in [6.45, 7) is 8.98. The highest BCUT2D eigenvalue weighted by molar-refractivity contribution is 5.89. The third kappa shape index (κ3) is 5.69. The summed E-state index contributed by atoms with van der Waals surface area (Å²) in [6, 6.07) is 9.09. The molecule has 0 unspecified atom stereocenters. The van der Waals surface area contributed by atoms with E-state index >= 15 is 0 Å². The van der Waals surface area contributed by atoms with E-state index in [4.69, 9.17) is 10.5 Å². The van der Waals surface area contributed by atoms with Crippen LogP contribution in [-0.2, 0) is 12.0 Å². The van der Waals surface area contributed by atoms with E-state index in [0.29, 0.717) is 37.6 Å². The Morgan fingerprint density at radius 1 is 1.06 bits per heavy atom. The average Bonchev–Trinajstić information content (AvgIpc) is 2.83. The molecule has 0 spiro atoms. The van der Waals surface area contributed by atoms with Crippen molar-refractivity contribution < 1.29 is 9.53 Å². The second-order valence-corrected chi connectivity index (χ2v) is 9.10. The zero-order valence-electron chi connectivity index (χ0n) is 19.7. The monoisotopic (exact) mass is 462 g/mol. The zero-order valence-corrected chi connectivity index (χ0v) is 19.7. The van der Waals surface area contributed by atoms with Crippen molar-refractivity contribution in [3.05, 3.63) is 60.3 Å². The highest BCUT2D eigenvalue weighted by Gasteiger charge is 2.24. The van der Waals surface area contributed by atoms with Crippen LogP contribution in [0.4, 0.5) is 22.2 Å². The number of ether oxygens (including phenoxy) is 1. The van der Waals surface area contributed by atoms with Crippen molar-refractivity contribution in [1.29, 1.82) is 0 Å². The molecule has 1 fully saturated rings. The molecule has 0 radical (unpaired) electrons. The van der Waals surface area contributed by atoms with Crippen LogP contribution in [-0.4, -0.2) is 57.0 Å². The first-order valence-electron chi connectivity index (χ1n) is 11.2. The first-order valence-corrected chi connectivity index (χ1v) is 11.2. The molecular formula is C24H30N8O2. The molecule has 10 heteroatoms. The quantitative estimate of drug-likeness (QED) is 0.593. The minimum absolute atomic E-state index is 0.0884. The SMILES string of the molecule is CC(C)(C)c1cc(NC(=O)N2CCN(c3ncccc3OCc3ccnc(N)n3)CC2)ccn1. The molecule has 178 valence electrons.